The minimum atomic E-state index is -0.211. The van der Waals surface area contributed by atoms with Crippen molar-refractivity contribution in [1.29, 1.82) is 0 Å². The van der Waals surface area contributed by atoms with Crippen LogP contribution in [0.2, 0.25) is 0 Å². The maximum atomic E-state index is 12.7. The van der Waals surface area contributed by atoms with Crippen molar-refractivity contribution in [1.82, 2.24) is 19.6 Å². The largest absolute Gasteiger partial charge is 0.342 e. The fourth-order valence-corrected chi connectivity index (χ4v) is 4.65. The van der Waals surface area contributed by atoms with Gasteiger partial charge in [0.2, 0.25) is 23.6 Å². The SMILES string of the molecule is CCN(CC)C(=O)CN1CCN(C(=O)CN2C(=O)C3CCCCC3C2=O)CC1. The molecule has 2 heterocycles. The normalized spacial score (nSPS) is 25.8. The third-order valence-corrected chi connectivity index (χ3v) is 6.43. The van der Waals surface area contributed by atoms with Gasteiger partial charge in [0, 0.05) is 39.3 Å². The summed E-state index contributed by atoms with van der Waals surface area (Å²) < 4.78 is 0. The number of carbonyl (C=O) groups is 4. The van der Waals surface area contributed by atoms with E-state index in [1.165, 1.54) is 4.90 Å². The molecule has 0 spiro atoms. The van der Waals surface area contributed by atoms with Gasteiger partial charge in [-0.15, -0.1) is 0 Å². The lowest BCUT2D eigenvalue weighted by atomic mass is 9.81. The van der Waals surface area contributed by atoms with Gasteiger partial charge in [-0.3, -0.25) is 29.0 Å². The molecule has 3 aliphatic rings. The van der Waals surface area contributed by atoms with Gasteiger partial charge in [-0.25, -0.2) is 0 Å². The van der Waals surface area contributed by atoms with E-state index < -0.39 is 0 Å². The zero-order valence-electron chi connectivity index (χ0n) is 17.1. The summed E-state index contributed by atoms with van der Waals surface area (Å²) in [6, 6.07) is 0. The number of nitrogens with zero attached hydrogens (tertiary/aromatic N) is 4. The smallest absolute Gasteiger partial charge is 0.242 e. The quantitative estimate of drug-likeness (QED) is 0.602. The van der Waals surface area contributed by atoms with Crippen molar-refractivity contribution < 1.29 is 19.2 Å². The monoisotopic (exact) mass is 392 g/mol. The van der Waals surface area contributed by atoms with Crippen molar-refractivity contribution in [2.24, 2.45) is 11.8 Å². The highest BCUT2D eigenvalue weighted by Crippen LogP contribution is 2.37. The number of likely N-dealkylation sites (N-methyl/N-ethyl adjacent to an activating group) is 1. The molecule has 3 fully saturated rings. The van der Waals surface area contributed by atoms with Gasteiger partial charge >= 0.3 is 0 Å². The molecule has 2 aliphatic heterocycles. The number of imide groups is 1. The third kappa shape index (κ3) is 4.21. The minimum Gasteiger partial charge on any atom is -0.342 e. The van der Waals surface area contributed by atoms with Gasteiger partial charge in [-0.1, -0.05) is 12.8 Å². The average molecular weight is 393 g/mol. The molecule has 0 aromatic heterocycles. The Hall–Kier alpha value is -1.96. The molecule has 0 bridgehead atoms. The standard InChI is InChI=1S/C20H32N4O4/c1-3-22(4-2)17(25)13-21-9-11-23(12-10-21)18(26)14-24-19(27)15-7-5-6-8-16(15)20(24)28/h15-16H,3-14H2,1-2H3. The molecular formula is C20H32N4O4. The van der Waals surface area contributed by atoms with Crippen molar-refractivity contribution in [2.75, 3.05) is 52.4 Å². The molecule has 8 heteroatoms. The predicted molar refractivity (Wildman–Crippen MR) is 103 cm³/mol. The van der Waals surface area contributed by atoms with E-state index in [-0.39, 0.29) is 42.0 Å². The van der Waals surface area contributed by atoms with Crippen LogP contribution in [0.25, 0.3) is 0 Å². The second-order valence-electron chi connectivity index (χ2n) is 7.98. The molecule has 28 heavy (non-hydrogen) atoms. The predicted octanol–water partition coefficient (Wildman–Crippen LogP) is 0.174. The second kappa shape index (κ2) is 9.03. The van der Waals surface area contributed by atoms with Crippen molar-refractivity contribution in [2.45, 2.75) is 39.5 Å². The highest BCUT2D eigenvalue weighted by Gasteiger charge is 2.48. The average Bonchev–Trinajstić information content (AvgIpc) is 2.94. The van der Waals surface area contributed by atoms with Gasteiger partial charge in [-0.2, -0.15) is 0 Å². The summed E-state index contributed by atoms with van der Waals surface area (Å²) in [5, 5.41) is 0. The van der Waals surface area contributed by atoms with E-state index in [4.69, 9.17) is 0 Å². The highest BCUT2D eigenvalue weighted by atomic mass is 16.2. The number of likely N-dealkylation sites (tertiary alicyclic amines) is 1. The van der Waals surface area contributed by atoms with Crippen molar-refractivity contribution in [3.8, 4) is 0 Å². The topological polar surface area (TPSA) is 81.2 Å². The molecule has 156 valence electrons. The number of hydrogen-bond acceptors (Lipinski definition) is 5. The van der Waals surface area contributed by atoms with E-state index in [2.05, 4.69) is 4.90 Å². The van der Waals surface area contributed by atoms with Crippen molar-refractivity contribution in [3.63, 3.8) is 0 Å². The van der Waals surface area contributed by atoms with E-state index >= 15 is 0 Å². The first-order chi connectivity index (χ1) is 13.5. The Bertz CT molecular complexity index is 602. The summed E-state index contributed by atoms with van der Waals surface area (Å²) in [5.74, 6) is -0.803. The number of amides is 4. The van der Waals surface area contributed by atoms with Crippen LogP contribution in [0, 0.1) is 11.8 Å². The Balaban J connectivity index is 1.48. The van der Waals surface area contributed by atoms with Crippen LogP contribution in [-0.2, 0) is 19.2 Å². The minimum absolute atomic E-state index is 0.112. The maximum absolute atomic E-state index is 12.7. The molecule has 3 rings (SSSR count). The highest BCUT2D eigenvalue weighted by molar-refractivity contribution is 6.07. The lowest BCUT2D eigenvalue weighted by Crippen LogP contribution is -2.53. The molecule has 1 saturated carbocycles. The van der Waals surface area contributed by atoms with Crippen LogP contribution in [-0.4, -0.2) is 95.6 Å². The fourth-order valence-electron chi connectivity index (χ4n) is 4.65. The summed E-state index contributed by atoms with van der Waals surface area (Å²) >= 11 is 0. The lowest BCUT2D eigenvalue weighted by molar-refractivity contribution is -0.147. The number of hydrogen-bond donors (Lipinski definition) is 0. The zero-order chi connectivity index (χ0) is 20.3. The van der Waals surface area contributed by atoms with Crippen LogP contribution in [0.15, 0.2) is 0 Å². The van der Waals surface area contributed by atoms with Gasteiger partial charge in [0.1, 0.15) is 6.54 Å². The number of rotatable bonds is 6. The first-order valence-electron chi connectivity index (χ1n) is 10.6. The van der Waals surface area contributed by atoms with E-state index in [1.54, 1.807) is 4.90 Å². The molecule has 2 atom stereocenters. The Kier molecular flexibility index (Phi) is 6.69. The van der Waals surface area contributed by atoms with Crippen LogP contribution in [0.1, 0.15) is 39.5 Å². The van der Waals surface area contributed by atoms with Gasteiger partial charge in [0.05, 0.1) is 18.4 Å². The molecule has 2 saturated heterocycles. The summed E-state index contributed by atoms with van der Waals surface area (Å²) in [7, 11) is 0. The van der Waals surface area contributed by atoms with E-state index in [0.29, 0.717) is 45.8 Å². The van der Waals surface area contributed by atoms with Crippen molar-refractivity contribution >= 4 is 23.6 Å². The van der Waals surface area contributed by atoms with Gasteiger partial charge in [0.25, 0.3) is 0 Å². The Morgan fingerprint density at radius 2 is 1.43 bits per heavy atom. The van der Waals surface area contributed by atoms with Gasteiger partial charge < -0.3 is 9.80 Å². The van der Waals surface area contributed by atoms with Crippen molar-refractivity contribution in [3.05, 3.63) is 0 Å². The maximum Gasteiger partial charge on any atom is 0.242 e. The summed E-state index contributed by atoms with van der Waals surface area (Å²) in [5.41, 5.74) is 0. The van der Waals surface area contributed by atoms with Crippen LogP contribution in [0.5, 0.6) is 0 Å². The van der Waals surface area contributed by atoms with Crippen LogP contribution < -0.4 is 0 Å². The van der Waals surface area contributed by atoms with E-state index in [0.717, 1.165) is 25.7 Å². The van der Waals surface area contributed by atoms with Gasteiger partial charge in [0.15, 0.2) is 0 Å². The molecule has 8 nitrogen and oxygen atoms in total. The lowest BCUT2D eigenvalue weighted by Gasteiger charge is -2.35. The molecule has 1 aliphatic carbocycles. The number of carbonyl (C=O) groups excluding carboxylic acids is 4. The summed E-state index contributed by atoms with van der Waals surface area (Å²) in [4.78, 5) is 56.8. The first-order valence-corrected chi connectivity index (χ1v) is 10.6. The molecule has 2 unspecified atom stereocenters. The Morgan fingerprint density at radius 1 is 0.893 bits per heavy atom. The van der Waals surface area contributed by atoms with Crippen LogP contribution in [0.3, 0.4) is 0 Å². The molecule has 0 aromatic carbocycles. The number of fused-ring (bicyclic) bond motifs is 1. The number of piperazine rings is 1. The Morgan fingerprint density at radius 3 is 1.93 bits per heavy atom. The first kappa shape index (κ1) is 20.8. The summed E-state index contributed by atoms with van der Waals surface area (Å²) in [6.45, 7) is 7.88. The third-order valence-electron chi connectivity index (χ3n) is 6.43. The zero-order valence-corrected chi connectivity index (χ0v) is 17.1. The molecule has 0 radical (unpaired) electrons. The Labute approximate surface area is 166 Å². The fraction of sp³-hybridized carbons (Fsp3) is 0.800. The van der Waals surface area contributed by atoms with E-state index in [1.807, 2.05) is 18.7 Å². The molecule has 0 aromatic rings. The van der Waals surface area contributed by atoms with E-state index in [9.17, 15) is 19.2 Å². The molecule has 0 N–H and O–H groups in total. The van der Waals surface area contributed by atoms with Crippen LogP contribution >= 0.6 is 0 Å². The molecule has 4 amide bonds. The van der Waals surface area contributed by atoms with Gasteiger partial charge in [-0.05, 0) is 26.7 Å². The summed E-state index contributed by atoms with van der Waals surface area (Å²) in [6.07, 6.45) is 3.49. The van der Waals surface area contributed by atoms with Crippen LogP contribution in [0.4, 0.5) is 0 Å². The second-order valence-corrected chi connectivity index (χ2v) is 7.98. The molecular weight excluding hydrogens is 360 g/mol.